The average Bonchev–Trinajstić information content (AvgIpc) is 3.24. The number of pyridine rings is 1. The molecule has 0 fully saturated rings. The molecule has 0 bridgehead atoms. The third-order valence-electron chi connectivity index (χ3n) is 3.52. The first-order valence-corrected chi connectivity index (χ1v) is 10.1. The first kappa shape index (κ1) is 15.5. The van der Waals surface area contributed by atoms with Crippen LogP contribution in [0.4, 0.5) is 0 Å². The van der Waals surface area contributed by atoms with E-state index in [-0.39, 0.29) is 4.90 Å². The maximum atomic E-state index is 12.9. The second kappa shape index (κ2) is 5.80. The maximum Gasteiger partial charge on any atom is 0.269 e. The van der Waals surface area contributed by atoms with Gasteiger partial charge in [0.05, 0.1) is 4.90 Å². The van der Waals surface area contributed by atoms with Crippen LogP contribution in [0.5, 0.6) is 0 Å². The van der Waals surface area contributed by atoms with E-state index in [1.807, 2.05) is 17.5 Å². The van der Waals surface area contributed by atoms with Gasteiger partial charge in [0.1, 0.15) is 10.7 Å². The topological polar surface area (TPSA) is 64.8 Å². The van der Waals surface area contributed by atoms with E-state index in [0.717, 1.165) is 10.4 Å². The highest BCUT2D eigenvalue weighted by Crippen LogP contribution is 2.31. The Hall–Kier alpha value is -2.03. The zero-order valence-electron chi connectivity index (χ0n) is 12.1. The highest BCUT2D eigenvalue weighted by molar-refractivity contribution is 9.10. The van der Waals surface area contributed by atoms with E-state index in [2.05, 4.69) is 25.9 Å². The van der Waals surface area contributed by atoms with Crippen LogP contribution in [0.25, 0.3) is 21.7 Å². The lowest BCUT2D eigenvalue weighted by molar-refractivity contribution is 0.588. The molecule has 0 saturated carbocycles. The van der Waals surface area contributed by atoms with E-state index in [1.165, 1.54) is 21.5 Å². The van der Waals surface area contributed by atoms with Gasteiger partial charge >= 0.3 is 0 Å². The molecule has 0 aliphatic heterocycles. The molecule has 0 atom stereocenters. The number of hydrogen-bond donors (Lipinski definition) is 0. The number of benzene rings is 1. The Morgan fingerprint density at radius 3 is 2.58 bits per heavy atom. The van der Waals surface area contributed by atoms with Crippen molar-refractivity contribution in [2.75, 3.05) is 0 Å². The summed E-state index contributed by atoms with van der Waals surface area (Å²) in [6.45, 7) is 0. The van der Waals surface area contributed by atoms with E-state index in [1.54, 1.807) is 36.5 Å². The summed E-state index contributed by atoms with van der Waals surface area (Å²) < 4.78 is 27.8. The van der Waals surface area contributed by atoms with Crippen LogP contribution in [-0.2, 0) is 10.0 Å². The summed E-state index contributed by atoms with van der Waals surface area (Å²) in [6, 6.07) is 12.0. The molecule has 3 aromatic heterocycles. The zero-order valence-corrected chi connectivity index (χ0v) is 15.3. The number of hydrogen-bond acceptors (Lipinski definition) is 5. The van der Waals surface area contributed by atoms with Gasteiger partial charge in [-0.2, -0.15) is 0 Å². The minimum absolute atomic E-state index is 0.218. The van der Waals surface area contributed by atoms with E-state index in [4.69, 9.17) is 0 Å². The molecule has 3 heterocycles. The summed E-state index contributed by atoms with van der Waals surface area (Å²) in [4.78, 5) is 8.99. The van der Waals surface area contributed by atoms with Crippen molar-refractivity contribution >= 4 is 48.3 Å². The molecule has 4 aromatic rings. The van der Waals surface area contributed by atoms with Crippen LogP contribution < -0.4 is 0 Å². The van der Waals surface area contributed by atoms with Gasteiger partial charge < -0.3 is 0 Å². The van der Waals surface area contributed by atoms with Crippen LogP contribution in [0.2, 0.25) is 0 Å². The summed E-state index contributed by atoms with van der Waals surface area (Å²) >= 11 is 4.87. The van der Waals surface area contributed by atoms with Crippen molar-refractivity contribution < 1.29 is 8.42 Å². The minimum Gasteiger partial charge on any atom is -0.243 e. The number of halogens is 1. The monoisotopic (exact) mass is 419 g/mol. The van der Waals surface area contributed by atoms with E-state index in [0.29, 0.717) is 15.8 Å². The Balaban J connectivity index is 1.97. The minimum atomic E-state index is -3.72. The third-order valence-corrected chi connectivity index (χ3v) is 6.61. The summed E-state index contributed by atoms with van der Waals surface area (Å²) in [5.41, 5.74) is 1.02. The largest absolute Gasteiger partial charge is 0.269 e. The Bertz CT molecular complexity index is 1120. The quantitative estimate of drug-likeness (QED) is 0.499. The SMILES string of the molecule is O=S(=O)(c1ccccc1)n1cc(Br)c2ccc(-c3nccs3)nc21. The number of aromatic nitrogens is 3. The highest BCUT2D eigenvalue weighted by atomic mass is 79.9. The summed E-state index contributed by atoms with van der Waals surface area (Å²) in [7, 11) is -3.72. The van der Waals surface area contributed by atoms with Crippen LogP contribution in [0.1, 0.15) is 0 Å². The number of nitrogens with zero attached hydrogens (tertiary/aromatic N) is 3. The smallest absolute Gasteiger partial charge is 0.243 e. The average molecular weight is 420 g/mol. The fraction of sp³-hybridized carbons (Fsp3) is 0. The van der Waals surface area contributed by atoms with Gasteiger partial charge in [0.15, 0.2) is 5.65 Å². The molecular weight excluding hydrogens is 410 g/mol. The molecule has 0 aliphatic rings. The molecule has 0 unspecified atom stereocenters. The Labute approximate surface area is 150 Å². The van der Waals surface area contributed by atoms with Gasteiger partial charge in [-0.05, 0) is 40.2 Å². The normalized spacial score (nSPS) is 11.9. The molecule has 0 saturated heterocycles. The van der Waals surface area contributed by atoms with Crippen molar-refractivity contribution in [1.82, 2.24) is 13.9 Å². The van der Waals surface area contributed by atoms with E-state index < -0.39 is 10.0 Å². The first-order valence-electron chi connectivity index (χ1n) is 6.95. The van der Waals surface area contributed by atoms with Gasteiger partial charge in [-0.25, -0.2) is 22.4 Å². The number of thiazole rings is 1. The van der Waals surface area contributed by atoms with E-state index in [9.17, 15) is 8.42 Å². The maximum absolute atomic E-state index is 12.9. The fourth-order valence-electron chi connectivity index (χ4n) is 2.39. The van der Waals surface area contributed by atoms with E-state index >= 15 is 0 Å². The van der Waals surface area contributed by atoms with Crippen molar-refractivity contribution in [2.45, 2.75) is 4.90 Å². The Morgan fingerprint density at radius 2 is 1.88 bits per heavy atom. The van der Waals surface area contributed by atoms with Gasteiger partial charge in [-0.3, -0.25) is 0 Å². The number of rotatable bonds is 3. The van der Waals surface area contributed by atoms with Crippen molar-refractivity contribution in [3.63, 3.8) is 0 Å². The molecule has 0 amide bonds. The molecular formula is C16H10BrN3O2S2. The molecule has 120 valence electrons. The lowest BCUT2D eigenvalue weighted by atomic mass is 10.3. The van der Waals surface area contributed by atoms with Crippen molar-refractivity contribution in [2.24, 2.45) is 0 Å². The summed E-state index contributed by atoms with van der Waals surface area (Å²) in [5.74, 6) is 0. The molecule has 0 aliphatic carbocycles. The standard InChI is InChI=1S/C16H10BrN3O2S2/c17-13-10-20(24(21,22)11-4-2-1-3-5-11)15-12(13)6-7-14(19-15)16-18-8-9-23-16/h1-10H. The first-order chi connectivity index (χ1) is 11.6. The summed E-state index contributed by atoms with van der Waals surface area (Å²) in [5, 5.41) is 3.34. The van der Waals surface area contributed by atoms with Crippen LogP contribution in [-0.4, -0.2) is 22.4 Å². The molecule has 5 nitrogen and oxygen atoms in total. The third kappa shape index (κ3) is 2.47. The van der Waals surface area contributed by atoms with Gasteiger partial charge in [0.25, 0.3) is 10.0 Å². The lowest BCUT2D eigenvalue weighted by Gasteiger charge is -2.07. The number of fused-ring (bicyclic) bond motifs is 1. The van der Waals surface area contributed by atoms with Crippen molar-refractivity contribution in [1.29, 1.82) is 0 Å². The van der Waals surface area contributed by atoms with Gasteiger partial charge in [0, 0.05) is 27.6 Å². The lowest BCUT2D eigenvalue weighted by Crippen LogP contribution is -2.12. The fourth-order valence-corrected chi connectivity index (χ4v) is 4.99. The molecule has 8 heteroatoms. The molecule has 0 radical (unpaired) electrons. The predicted octanol–water partition coefficient (Wildman–Crippen LogP) is 4.16. The summed E-state index contributed by atoms with van der Waals surface area (Å²) in [6.07, 6.45) is 3.23. The Morgan fingerprint density at radius 1 is 1.08 bits per heavy atom. The van der Waals surface area contributed by atoms with Crippen molar-refractivity contribution in [3.8, 4) is 10.7 Å². The highest BCUT2D eigenvalue weighted by Gasteiger charge is 2.22. The molecule has 0 N–H and O–H groups in total. The second-order valence-corrected chi connectivity index (χ2v) is 8.56. The van der Waals surface area contributed by atoms with Gasteiger partial charge in [-0.1, -0.05) is 18.2 Å². The zero-order chi connectivity index (χ0) is 16.7. The molecule has 24 heavy (non-hydrogen) atoms. The molecule has 0 spiro atoms. The van der Waals surface area contributed by atoms with Crippen molar-refractivity contribution in [3.05, 3.63) is 64.7 Å². The van der Waals surface area contributed by atoms with Gasteiger partial charge in [-0.15, -0.1) is 11.3 Å². The van der Waals surface area contributed by atoms with Crippen LogP contribution in [0.15, 0.2) is 69.6 Å². The Kier molecular flexibility index (Phi) is 3.75. The van der Waals surface area contributed by atoms with Crippen LogP contribution in [0.3, 0.4) is 0 Å². The van der Waals surface area contributed by atoms with Crippen LogP contribution >= 0.6 is 27.3 Å². The molecule has 1 aromatic carbocycles. The van der Waals surface area contributed by atoms with Gasteiger partial charge in [0.2, 0.25) is 0 Å². The second-order valence-electron chi connectivity index (χ2n) is 5.00. The predicted molar refractivity (Wildman–Crippen MR) is 97.6 cm³/mol. The molecule has 4 rings (SSSR count). The van der Waals surface area contributed by atoms with Crippen LogP contribution in [0, 0.1) is 0 Å².